The number of amides is 1. The minimum absolute atomic E-state index is 0.0963. The van der Waals surface area contributed by atoms with E-state index in [1.807, 2.05) is 23.1 Å². The van der Waals surface area contributed by atoms with Gasteiger partial charge in [0.15, 0.2) is 5.58 Å². The summed E-state index contributed by atoms with van der Waals surface area (Å²) in [5.41, 5.74) is 5.15. The summed E-state index contributed by atoms with van der Waals surface area (Å²) >= 11 is 0. The Morgan fingerprint density at radius 1 is 1.15 bits per heavy atom. The predicted molar refractivity (Wildman–Crippen MR) is 105 cm³/mol. The Labute approximate surface area is 158 Å². The first-order valence-corrected chi connectivity index (χ1v) is 9.45. The smallest absolute Gasteiger partial charge is 0.408 e. The number of nitrogens with zero attached hydrogens (tertiary/aromatic N) is 2. The lowest BCUT2D eigenvalue weighted by Crippen LogP contribution is -2.30. The van der Waals surface area contributed by atoms with Gasteiger partial charge in [0.25, 0.3) is 0 Å². The van der Waals surface area contributed by atoms with Crippen LogP contribution in [0.5, 0.6) is 0 Å². The van der Waals surface area contributed by atoms with Crippen LogP contribution in [0.2, 0.25) is 0 Å². The lowest BCUT2D eigenvalue weighted by molar-refractivity contribution is -0.130. The van der Waals surface area contributed by atoms with Crippen LogP contribution in [-0.4, -0.2) is 28.5 Å². The fraction of sp³-hybridized carbons (Fsp3) is 0.364. The Kier molecular flexibility index (Phi) is 4.60. The van der Waals surface area contributed by atoms with Gasteiger partial charge in [0.2, 0.25) is 5.91 Å². The molecule has 1 fully saturated rings. The van der Waals surface area contributed by atoms with Crippen LogP contribution in [0.25, 0.3) is 11.1 Å². The van der Waals surface area contributed by atoms with Crippen LogP contribution < -0.4 is 5.76 Å². The van der Waals surface area contributed by atoms with Crippen molar-refractivity contribution >= 4 is 17.0 Å². The number of hydrogen-bond donors (Lipinski definition) is 0. The monoisotopic (exact) mass is 364 g/mol. The van der Waals surface area contributed by atoms with Gasteiger partial charge in [-0.25, -0.2) is 4.79 Å². The molecule has 1 aliphatic rings. The molecule has 1 amide bonds. The van der Waals surface area contributed by atoms with E-state index in [0.717, 1.165) is 25.0 Å². The number of likely N-dealkylation sites (tertiary alicyclic amines) is 1. The van der Waals surface area contributed by atoms with Gasteiger partial charge in [0.05, 0.1) is 5.52 Å². The molecular weight excluding hydrogens is 340 g/mol. The SMILES string of the molecule is Cc1cc(C)cc(C2CCN(C(=O)CCn3c(=O)oc4ccccc43)C2)c1. The largest absolute Gasteiger partial charge is 0.419 e. The molecule has 1 saturated heterocycles. The first kappa shape index (κ1) is 17.6. The van der Waals surface area contributed by atoms with Gasteiger partial charge in [0.1, 0.15) is 0 Å². The molecule has 1 atom stereocenters. The molecule has 5 nitrogen and oxygen atoms in total. The number of aryl methyl sites for hydroxylation is 3. The fourth-order valence-corrected chi connectivity index (χ4v) is 4.10. The van der Waals surface area contributed by atoms with Crippen molar-refractivity contribution in [3.8, 4) is 0 Å². The third-order valence-electron chi connectivity index (χ3n) is 5.38. The summed E-state index contributed by atoms with van der Waals surface area (Å²) in [5.74, 6) is 0.0858. The summed E-state index contributed by atoms with van der Waals surface area (Å²) < 4.78 is 6.78. The summed E-state index contributed by atoms with van der Waals surface area (Å²) in [7, 11) is 0. The lowest BCUT2D eigenvalue weighted by atomic mass is 9.95. The highest BCUT2D eigenvalue weighted by Gasteiger charge is 2.27. The molecule has 1 unspecified atom stereocenters. The lowest BCUT2D eigenvalue weighted by Gasteiger charge is -2.17. The highest BCUT2D eigenvalue weighted by Crippen LogP contribution is 2.29. The van der Waals surface area contributed by atoms with Gasteiger partial charge >= 0.3 is 5.76 Å². The van der Waals surface area contributed by atoms with Crippen molar-refractivity contribution in [3.05, 3.63) is 69.7 Å². The van der Waals surface area contributed by atoms with Crippen LogP contribution in [0.15, 0.2) is 51.7 Å². The van der Waals surface area contributed by atoms with E-state index < -0.39 is 5.76 Å². The van der Waals surface area contributed by atoms with Gasteiger partial charge in [-0.15, -0.1) is 0 Å². The number of benzene rings is 2. The number of carbonyl (C=O) groups is 1. The van der Waals surface area contributed by atoms with Gasteiger partial charge in [-0.2, -0.15) is 0 Å². The maximum absolute atomic E-state index is 12.7. The van der Waals surface area contributed by atoms with E-state index >= 15 is 0 Å². The Bertz CT molecular complexity index is 1030. The second kappa shape index (κ2) is 7.06. The summed E-state index contributed by atoms with van der Waals surface area (Å²) in [6, 6.07) is 13.9. The fourth-order valence-electron chi connectivity index (χ4n) is 4.10. The third kappa shape index (κ3) is 3.54. The molecule has 0 radical (unpaired) electrons. The zero-order valence-electron chi connectivity index (χ0n) is 15.8. The van der Waals surface area contributed by atoms with Crippen LogP contribution in [0.4, 0.5) is 0 Å². The summed E-state index contributed by atoms with van der Waals surface area (Å²) in [4.78, 5) is 26.6. The van der Waals surface area contributed by atoms with Gasteiger partial charge in [-0.1, -0.05) is 41.5 Å². The number of hydrogen-bond acceptors (Lipinski definition) is 3. The molecule has 4 rings (SSSR count). The van der Waals surface area contributed by atoms with E-state index in [0.29, 0.717) is 24.5 Å². The second-order valence-electron chi connectivity index (χ2n) is 7.48. The van der Waals surface area contributed by atoms with Gasteiger partial charge in [-0.05, 0) is 38.0 Å². The molecule has 140 valence electrons. The van der Waals surface area contributed by atoms with Crippen molar-refractivity contribution in [1.82, 2.24) is 9.47 Å². The summed E-state index contributed by atoms with van der Waals surface area (Å²) in [6.07, 6.45) is 1.30. The Morgan fingerprint density at radius 3 is 2.67 bits per heavy atom. The van der Waals surface area contributed by atoms with Gasteiger partial charge in [0, 0.05) is 32.0 Å². The average molecular weight is 364 g/mol. The predicted octanol–water partition coefficient (Wildman–Crippen LogP) is 3.62. The molecule has 2 aromatic carbocycles. The van der Waals surface area contributed by atoms with E-state index in [1.165, 1.54) is 16.7 Å². The van der Waals surface area contributed by atoms with Gasteiger partial charge in [-0.3, -0.25) is 9.36 Å². The highest BCUT2D eigenvalue weighted by molar-refractivity contribution is 5.77. The van der Waals surface area contributed by atoms with Crippen LogP contribution in [0.1, 0.15) is 35.4 Å². The Morgan fingerprint density at radius 2 is 1.89 bits per heavy atom. The molecule has 0 spiro atoms. The number of para-hydroxylation sites is 2. The molecular formula is C22H24N2O3. The van der Waals surface area contributed by atoms with Crippen molar-refractivity contribution < 1.29 is 9.21 Å². The molecule has 3 aromatic rings. The molecule has 0 saturated carbocycles. The second-order valence-corrected chi connectivity index (χ2v) is 7.48. The van der Waals surface area contributed by atoms with E-state index in [2.05, 4.69) is 32.0 Å². The molecule has 0 N–H and O–H groups in total. The zero-order valence-corrected chi connectivity index (χ0v) is 15.8. The van der Waals surface area contributed by atoms with E-state index in [1.54, 1.807) is 10.6 Å². The third-order valence-corrected chi connectivity index (χ3v) is 5.38. The van der Waals surface area contributed by atoms with Crippen molar-refractivity contribution in [2.24, 2.45) is 0 Å². The molecule has 2 heterocycles. The normalized spacial score (nSPS) is 17.0. The van der Waals surface area contributed by atoms with E-state index in [9.17, 15) is 9.59 Å². The highest BCUT2D eigenvalue weighted by atomic mass is 16.4. The minimum Gasteiger partial charge on any atom is -0.408 e. The number of rotatable bonds is 4. The first-order chi connectivity index (χ1) is 13.0. The Hall–Kier alpha value is -2.82. The van der Waals surface area contributed by atoms with Crippen LogP contribution >= 0.6 is 0 Å². The van der Waals surface area contributed by atoms with Gasteiger partial charge < -0.3 is 9.32 Å². The van der Waals surface area contributed by atoms with Crippen LogP contribution in [0.3, 0.4) is 0 Å². The van der Waals surface area contributed by atoms with Crippen molar-refractivity contribution in [3.63, 3.8) is 0 Å². The first-order valence-electron chi connectivity index (χ1n) is 9.45. The van der Waals surface area contributed by atoms with E-state index in [-0.39, 0.29) is 5.91 Å². The zero-order chi connectivity index (χ0) is 19.0. The minimum atomic E-state index is -0.404. The summed E-state index contributed by atoms with van der Waals surface area (Å²) in [6.45, 7) is 6.10. The molecule has 27 heavy (non-hydrogen) atoms. The topological polar surface area (TPSA) is 55.5 Å². The maximum atomic E-state index is 12.7. The van der Waals surface area contributed by atoms with Crippen molar-refractivity contribution in [2.45, 2.75) is 39.2 Å². The molecule has 5 heteroatoms. The number of aromatic nitrogens is 1. The number of carbonyl (C=O) groups excluding carboxylic acids is 1. The average Bonchev–Trinajstić information content (AvgIpc) is 3.23. The van der Waals surface area contributed by atoms with Crippen molar-refractivity contribution in [2.75, 3.05) is 13.1 Å². The summed E-state index contributed by atoms with van der Waals surface area (Å²) in [5, 5.41) is 0. The maximum Gasteiger partial charge on any atom is 0.419 e. The number of fused-ring (bicyclic) bond motifs is 1. The van der Waals surface area contributed by atoms with Crippen molar-refractivity contribution in [1.29, 1.82) is 0 Å². The van der Waals surface area contributed by atoms with E-state index in [4.69, 9.17) is 4.42 Å². The number of oxazole rings is 1. The molecule has 0 bridgehead atoms. The van der Waals surface area contributed by atoms with Crippen LogP contribution in [0, 0.1) is 13.8 Å². The molecule has 1 aromatic heterocycles. The molecule has 0 aliphatic carbocycles. The molecule has 1 aliphatic heterocycles. The standard InChI is InChI=1S/C22H24N2O3/c1-15-11-16(2)13-18(12-15)17-7-9-23(14-17)21(25)8-10-24-19-5-3-4-6-20(19)27-22(24)26/h3-6,11-13,17H,7-10,14H2,1-2H3. The Balaban J connectivity index is 1.42. The van der Waals surface area contributed by atoms with Crippen LogP contribution in [-0.2, 0) is 11.3 Å². The quantitative estimate of drug-likeness (QED) is 0.710.